The summed E-state index contributed by atoms with van der Waals surface area (Å²) in [5.41, 5.74) is -0.894. The van der Waals surface area contributed by atoms with Gasteiger partial charge in [0.05, 0.1) is 18.2 Å². The zero-order valence-electron chi connectivity index (χ0n) is 12.6. The highest BCUT2D eigenvalue weighted by Gasteiger charge is 2.30. The average molecular weight is 331 g/mol. The van der Waals surface area contributed by atoms with Crippen LogP contribution in [0, 0.1) is 0 Å². The molecule has 1 aromatic carbocycles. The minimum atomic E-state index is -4.49. The van der Waals surface area contributed by atoms with Crippen molar-refractivity contribution >= 4 is 17.7 Å². The van der Waals surface area contributed by atoms with Crippen LogP contribution in [0.5, 0.6) is 0 Å². The summed E-state index contributed by atoms with van der Waals surface area (Å²) in [6, 6.07) is 2.62. The lowest BCUT2D eigenvalue weighted by Crippen LogP contribution is -2.39. The number of nitrogens with one attached hydrogen (secondary N) is 1. The second kappa shape index (κ2) is 7.75. The fraction of sp³-hybridized carbons (Fsp3) is 0.400. The van der Waals surface area contributed by atoms with Crippen LogP contribution in [0.3, 0.4) is 0 Å². The van der Waals surface area contributed by atoms with E-state index < -0.39 is 41.9 Å². The van der Waals surface area contributed by atoms with E-state index >= 15 is 0 Å². The Morgan fingerprint density at radius 2 is 1.74 bits per heavy atom. The van der Waals surface area contributed by atoms with Crippen LogP contribution in [0.1, 0.15) is 36.2 Å². The van der Waals surface area contributed by atoms with Crippen molar-refractivity contribution < 1.29 is 32.3 Å². The lowest BCUT2D eigenvalue weighted by molar-refractivity contribution is -0.146. The van der Waals surface area contributed by atoms with Crippen LogP contribution in [0.2, 0.25) is 0 Å². The molecule has 0 radical (unpaired) electrons. The van der Waals surface area contributed by atoms with Gasteiger partial charge in [0.25, 0.3) is 5.91 Å². The molecule has 0 aliphatic carbocycles. The Balaban J connectivity index is 2.65. The van der Waals surface area contributed by atoms with Crippen LogP contribution >= 0.6 is 0 Å². The maximum absolute atomic E-state index is 12.4. The summed E-state index contributed by atoms with van der Waals surface area (Å²) in [5.74, 6) is -1.96. The molecule has 23 heavy (non-hydrogen) atoms. The largest absolute Gasteiger partial charge is 0.466 e. The number of esters is 1. The molecule has 126 valence electrons. The average Bonchev–Trinajstić information content (AvgIpc) is 2.46. The molecule has 0 aliphatic rings. The number of rotatable bonds is 6. The van der Waals surface area contributed by atoms with Crippen molar-refractivity contribution in [2.45, 2.75) is 32.5 Å². The molecule has 0 aromatic heterocycles. The summed E-state index contributed by atoms with van der Waals surface area (Å²) in [7, 11) is 0. The number of carbonyl (C=O) groups excluding carboxylic acids is 3. The molecule has 0 aliphatic heterocycles. The molecule has 1 unspecified atom stereocenters. The van der Waals surface area contributed by atoms with Gasteiger partial charge in [-0.1, -0.05) is 0 Å². The second-order valence-electron chi connectivity index (χ2n) is 4.72. The van der Waals surface area contributed by atoms with Gasteiger partial charge in [0.2, 0.25) is 0 Å². The second-order valence-corrected chi connectivity index (χ2v) is 4.72. The van der Waals surface area contributed by atoms with Crippen molar-refractivity contribution in [1.29, 1.82) is 0 Å². The molecular formula is C15H16F3NO4. The minimum Gasteiger partial charge on any atom is -0.466 e. The molecule has 0 heterocycles. The Bertz CT molecular complexity index is 581. The topological polar surface area (TPSA) is 72.5 Å². The molecule has 8 heteroatoms. The van der Waals surface area contributed by atoms with Crippen molar-refractivity contribution in [3.8, 4) is 0 Å². The van der Waals surface area contributed by atoms with E-state index in [9.17, 15) is 27.6 Å². The third-order valence-electron chi connectivity index (χ3n) is 2.93. The molecule has 0 saturated carbocycles. The summed E-state index contributed by atoms with van der Waals surface area (Å²) in [5, 5.41) is 2.32. The van der Waals surface area contributed by atoms with Gasteiger partial charge in [-0.25, -0.2) is 0 Å². The van der Waals surface area contributed by atoms with Crippen LogP contribution < -0.4 is 5.32 Å². The number of benzene rings is 1. The van der Waals surface area contributed by atoms with Gasteiger partial charge in [0, 0.05) is 5.56 Å². The Morgan fingerprint density at radius 1 is 1.17 bits per heavy atom. The van der Waals surface area contributed by atoms with E-state index in [4.69, 9.17) is 0 Å². The first-order chi connectivity index (χ1) is 10.6. The summed E-state index contributed by atoms with van der Waals surface area (Å²) in [6.45, 7) is 3.11. The van der Waals surface area contributed by atoms with E-state index in [0.717, 1.165) is 24.3 Å². The number of hydrogen-bond acceptors (Lipinski definition) is 4. The van der Waals surface area contributed by atoms with Crippen LogP contribution in [0.25, 0.3) is 0 Å². The molecule has 1 atom stereocenters. The van der Waals surface area contributed by atoms with E-state index in [1.165, 1.54) is 6.92 Å². The van der Waals surface area contributed by atoms with Gasteiger partial charge in [0.15, 0.2) is 5.78 Å². The lowest BCUT2D eigenvalue weighted by atomic mass is 10.1. The standard InChI is InChI=1S/C15H16F3NO4/c1-3-23-13(21)8-12(20)9(2)19-14(22)10-4-6-11(7-5-10)15(16,17)18/h4-7,9H,3,8H2,1-2H3,(H,19,22). The highest BCUT2D eigenvalue weighted by molar-refractivity contribution is 6.02. The molecular weight excluding hydrogens is 315 g/mol. The summed E-state index contributed by atoms with van der Waals surface area (Å²) >= 11 is 0. The smallest absolute Gasteiger partial charge is 0.416 e. The lowest BCUT2D eigenvalue weighted by Gasteiger charge is -2.13. The van der Waals surface area contributed by atoms with Gasteiger partial charge in [-0.2, -0.15) is 13.2 Å². The maximum Gasteiger partial charge on any atom is 0.416 e. The number of hydrogen-bond donors (Lipinski definition) is 1. The first kappa shape index (κ1) is 18.7. The highest BCUT2D eigenvalue weighted by Crippen LogP contribution is 2.29. The van der Waals surface area contributed by atoms with E-state index in [0.29, 0.717) is 0 Å². The molecule has 1 aromatic rings. The Morgan fingerprint density at radius 3 is 2.22 bits per heavy atom. The normalized spacial score (nSPS) is 12.4. The first-order valence-electron chi connectivity index (χ1n) is 6.81. The van der Waals surface area contributed by atoms with E-state index in [2.05, 4.69) is 10.1 Å². The number of Topliss-reactive ketones (excluding diaryl/α,β-unsaturated/α-hetero) is 1. The Kier molecular flexibility index (Phi) is 6.29. The van der Waals surface area contributed by atoms with Crippen molar-refractivity contribution in [1.82, 2.24) is 5.32 Å². The van der Waals surface area contributed by atoms with Crippen molar-refractivity contribution in [3.05, 3.63) is 35.4 Å². The molecule has 0 saturated heterocycles. The minimum absolute atomic E-state index is 0.0196. The number of alkyl halides is 3. The van der Waals surface area contributed by atoms with Crippen LogP contribution in [0.15, 0.2) is 24.3 Å². The highest BCUT2D eigenvalue weighted by atomic mass is 19.4. The van der Waals surface area contributed by atoms with Crippen molar-refractivity contribution in [3.63, 3.8) is 0 Å². The van der Waals surface area contributed by atoms with Crippen LogP contribution in [-0.2, 0) is 20.5 Å². The quantitative estimate of drug-likeness (QED) is 0.641. The summed E-state index contributed by atoms with van der Waals surface area (Å²) in [6.07, 6.45) is -4.97. The number of ether oxygens (including phenoxy) is 1. The van der Waals surface area contributed by atoms with E-state index in [1.54, 1.807) is 6.92 Å². The fourth-order valence-corrected chi connectivity index (χ4v) is 1.68. The fourth-order valence-electron chi connectivity index (χ4n) is 1.68. The third-order valence-corrected chi connectivity index (χ3v) is 2.93. The van der Waals surface area contributed by atoms with Gasteiger partial charge in [-0.15, -0.1) is 0 Å². The van der Waals surface area contributed by atoms with Gasteiger partial charge >= 0.3 is 12.1 Å². The molecule has 0 fully saturated rings. The summed E-state index contributed by atoms with van der Waals surface area (Å²) < 4.78 is 41.9. The number of amides is 1. The predicted molar refractivity (Wildman–Crippen MR) is 74.6 cm³/mol. The zero-order valence-corrected chi connectivity index (χ0v) is 12.6. The van der Waals surface area contributed by atoms with Crippen LogP contribution in [-0.4, -0.2) is 30.3 Å². The molecule has 1 amide bonds. The van der Waals surface area contributed by atoms with Crippen molar-refractivity contribution in [2.24, 2.45) is 0 Å². The number of halogens is 3. The summed E-state index contributed by atoms with van der Waals surface area (Å²) in [4.78, 5) is 34.8. The molecule has 0 bridgehead atoms. The third kappa shape index (κ3) is 5.72. The zero-order chi connectivity index (χ0) is 17.6. The van der Waals surface area contributed by atoms with Crippen molar-refractivity contribution in [2.75, 3.05) is 6.61 Å². The van der Waals surface area contributed by atoms with Gasteiger partial charge < -0.3 is 10.1 Å². The molecule has 1 N–H and O–H groups in total. The Labute approximate surface area is 130 Å². The number of ketones is 1. The monoisotopic (exact) mass is 331 g/mol. The predicted octanol–water partition coefficient (Wildman–Crippen LogP) is 2.35. The first-order valence-corrected chi connectivity index (χ1v) is 6.81. The van der Waals surface area contributed by atoms with Gasteiger partial charge in [-0.3, -0.25) is 14.4 Å². The van der Waals surface area contributed by atoms with E-state index in [-0.39, 0.29) is 12.2 Å². The van der Waals surface area contributed by atoms with Gasteiger partial charge in [0.1, 0.15) is 6.42 Å². The maximum atomic E-state index is 12.4. The van der Waals surface area contributed by atoms with Gasteiger partial charge in [-0.05, 0) is 38.1 Å². The molecule has 5 nitrogen and oxygen atoms in total. The molecule has 0 spiro atoms. The molecule has 1 rings (SSSR count). The Hall–Kier alpha value is -2.38. The number of carbonyl (C=O) groups is 3. The van der Waals surface area contributed by atoms with E-state index in [1.807, 2.05) is 0 Å². The SMILES string of the molecule is CCOC(=O)CC(=O)C(C)NC(=O)c1ccc(C(F)(F)F)cc1. The van der Waals surface area contributed by atoms with Crippen LogP contribution in [0.4, 0.5) is 13.2 Å².